The molecule has 1 amide bonds. The van der Waals surface area contributed by atoms with Gasteiger partial charge >= 0.3 is 0 Å². The van der Waals surface area contributed by atoms with Crippen molar-refractivity contribution < 1.29 is 9.32 Å². The van der Waals surface area contributed by atoms with Crippen molar-refractivity contribution in [1.29, 1.82) is 0 Å². The molecule has 6 nitrogen and oxygen atoms in total. The fourth-order valence-electron chi connectivity index (χ4n) is 3.69. The number of aryl methyl sites for hydroxylation is 1. The molecule has 0 bridgehead atoms. The summed E-state index contributed by atoms with van der Waals surface area (Å²) >= 11 is 0. The van der Waals surface area contributed by atoms with E-state index in [0.717, 1.165) is 37.1 Å². The van der Waals surface area contributed by atoms with Crippen LogP contribution in [0.4, 0.5) is 0 Å². The lowest BCUT2D eigenvalue weighted by molar-refractivity contribution is -0.122. The molecular weight excluding hydrogens is 316 g/mol. The summed E-state index contributed by atoms with van der Waals surface area (Å²) in [5.74, 6) is 0.846. The second-order valence-electron chi connectivity index (χ2n) is 6.69. The van der Waals surface area contributed by atoms with Gasteiger partial charge in [-0.25, -0.2) is 4.98 Å². The van der Waals surface area contributed by atoms with Gasteiger partial charge in [0.25, 0.3) is 0 Å². The summed E-state index contributed by atoms with van der Waals surface area (Å²) in [5, 5.41) is 8.00. The van der Waals surface area contributed by atoms with Crippen molar-refractivity contribution in [3.05, 3.63) is 48.6 Å². The van der Waals surface area contributed by atoms with Gasteiger partial charge in [-0.1, -0.05) is 5.16 Å². The Bertz CT molecular complexity index is 832. The number of rotatable bonds is 5. The minimum Gasteiger partial charge on any atom is -0.361 e. The summed E-state index contributed by atoms with van der Waals surface area (Å²) in [5.41, 5.74) is 1.06. The monoisotopic (exact) mass is 338 g/mol. The molecule has 0 spiro atoms. The van der Waals surface area contributed by atoms with E-state index in [9.17, 15) is 4.79 Å². The average molecular weight is 338 g/mol. The van der Waals surface area contributed by atoms with Crippen molar-refractivity contribution >= 4 is 16.9 Å². The van der Waals surface area contributed by atoms with Gasteiger partial charge in [-0.05, 0) is 43.9 Å². The number of carbonyl (C=O) groups is 1. The van der Waals surface area contributed by atoms with E-state index in [1.54, 1.807) is 12.3 Å². The normalized spacial score (nSPS) is 20.6. The molecule has 4 rings (SSSR count). The number of amides is 1. The van der Waals surface area contributed by atoms with E-state index >= 15 is 0 Å². The van der Waals surface area contributed by atoms with Crippen LogP contribution in [-0.2, 0) is 11.2 Å². The Morgan fingerprint density at radius 3 is 2.88 bits per heavy atom. The number of nitrogens with one attached hydrogen (secondary N) is 1. The van der Waals surface area contributed by atoms with E-state index in [2.05, 4.69) is 38.4 Å². The third kappa shape index (κ3) is 3.57. The Labute approximate surface area is 146 Å². The topological polar surface area (TPSA) is 73.0 Å². The quantitative estimate of drug-likeness (QED) is 0.775. The third-order valence-electron chi connectivity index (χ3n) is 5.02. The van der Waals surface area contributed by atoms with Crippen LogP contribution in [-0.4, -0.2) is 26.7 Å². The van der Waals surface area contributed by atoms with Gasteiger partial charge in [0.05, 0.1) is 6.20 Å². The molecule has 3 aromatic rings. The van der Waals surface area contributed by atoms with Crippen LogP contribution < -0.4 is 5.32 Å². The Balaban J connectivity index is 1.29. The standard InChI is InChI=1S/C19H22N4O2/c24-18(8-7-17-9-12-21-25-17)22-15-3-5-16(6-4-15)23-13-10-14-2-1-11-20-19(14)23/h1-2,9-13,15-16H,3-8H2,(H,22,24). The largest absolute Gasteiger partial charge is 0.361 e. The fourth-order valence-corrected chi connectivity index (χ4v) is 3.69. The SMILES string of the molecule is O=C(CCc1ccno1)NC1CCC(n2ccc3cccnc32)CC1. The van der Waals surface area contributed by atoms with Crippen molar-refractivity contribution in [3.8, 4) is 0 Å². The molecule has 3 aromatic heterocycles. The van der Waals surface area contributed by atoms with Gasteiger partial charge in [-0.3, -0.25) is 4.79 Å². The number of hydrogen-bond acceptors (Lipinski definition) is 4. The first kappa shape index (κ1) is 15.9. The zero-order valence-electron chi connectivity index (χ0n) is 14.1. The van der Waals surface area contributed by atoms with Crippen molar-refractivity contribution in [1.82, 2.24) is 20.0 Å². The zero-order chi connectivity index (χ0) is 17.1. The molecule has 6 heteroatoms. The predicted molar refractivity (Wildman–Crippen MR) is 94.0 cm³/mol. The first-order valence-electron chi connectivity index (χ1n) is 8.90. The average Bonchev–Trinajstić information content (AvgIpc) is 3.30. The van der Waals surface area contributed by atoms with Gasteiger partial charge in [-0.15, -0.1) is 0 Å². The second kappa shape index (κ2) is 7.09. The lowest BCUT2D eigenvalue weighted by Gasteiger charge is -2.30. The van der Waals surface area contributed by atoms with Crippen LogP contribution in [0, 0.1) is 0 Å². The van der Waals surface area contributed by atoms with E-state index in [1.165, 1.54) is 5.39 Å². The summed E-state index contributed by atoms with van der Waals surface area (Å²) < 4.78 is 7.31. The van der Waals surface area contributed by atoms with Gasteiger partial charge in [-0.2, -0.15) is 0 Å². The molecule has 3 heterocycles. The van der Waals surface area contributed by atoms with E-state index in [1.807, 2.05) is 12.3 Å². The van der Waals surface area contributed by atoms with E-state index in [-0.39, 0.29) is 11.9 Å². The van der Waals surface area contributed by atoms with Crippen LogP contribution in [0.3, 0.4) is 0 Å². The molecule has 1 fully saturated rings. The van der Waals surface area contributed by atoms with Gasteiger partial charge in [0, 0.05) is 48.8 Å². The first-order valence-corrected chi connectivity index (χ1v) is 8.90. The summed E-state index contributed by atoms with van der Waals surface area (Å²) in [6.07, 6.45) is 10.8. The van der Waals surface area contributed by atoms with Crippen LogP contribution in [0.15, 0.2) is 47.4 Å². The number of fused-ring (bicyclic) bond motifs is 1. The maximum absolute atomic E-state index is 12.1. The van der Waals surface area contributed by atoms with Gasteiger partial charge in [0.2, 0.25) is 5.91 Å². The summed E-state index contributed by atoms with van der Waals surface area (Å²) in [6.45, 7) is 0. The summed E-state index contributed by atoms with van der Waals surface area (Å²) in [4.78, 5) is 16.6. The number of carbonyl (C=O) groups excluding carboxylic acids is 1. The fraction of sp³-hybridized carbons (Fsp3) is 0.421. The number of pyridine rings is 1. The minimum atomic E-state index is 0.0907. The van der Waals surface area contributed by atoms with Crippen LogP contribution in [0.2, 0.25) is 0 Å². The smallest absolute Gasteiger partial charge is 0.220 e. The molecular formula is C19H22N4O2. The van der Waals surface area contributed by atoms with Gasteiger partial charge < -0.3 is 14.4 Å². The van der Waals surface area contributed by atoms with Crippen molar-refractivity contribution in [2.24, 2.45) is 0 Å². The highest BCUT2D eigenvalue weighted by Gasteiger charge is 2.24. The van der Waals surface area contributed by atoms with Crippen LogP contribution >= 0.6 is 0 Å². The highest BCUT2D eigenvalue weighted by atomic mass is 16.5. The van der Waals surface area contributed by atoms with Crippen molar-refractivity contribution in [2.45, 2.75) is 50.6 Å². The number of hydrogen-bond donors (Lipinski definition) is 1. The molecule has 1 N–H and O–H groups in total. The Morgan fingerprint density at radius 2 is 2.08 bits per heavy atom. The predicted octanol–water partition coefficient (Wildman–Crippen LogP) is 3.26. The zero-order valence-corrected chi connectivity index (χ0v) is 14.1. The maximum Gasteiger partial charge on any atom is 0.220 e. The molecule has 0 aromatic carbocycles. The van der Waals surface area contributed by atoms with Crippen molar-refractivity contribution in [3.63, 3.8) is 0 Å². The van der Waals surface area contributed by atoms with Crippen LogP contribution in [0.5, 0.6) is 0 Å². The van der Waals surface area contributed by atoms with Gasteiger partial charge in [0.15, 0.2) is 0 Å². The lowest BCUT2D eigenvalue weighted by Crippen LogP contribution is -2.38. The molecule has 1 saturated carbocycles. The molecule has 1 aliphatic rings. The third-order valence-corrected chi connectivity index (χ3v) is 5.02. The number of nitrogens with zero attached hydrogens (tertiary/aromatic N) is 3. The Morgan fingerprint density at radius 1 is 1.20 bits per heavy atom. The van der Waals surface area contributed by atoms with Crippen molar-refractivity contribution in [2.75, 3.05) is 0 Å². The summed E-state index contributed by atoms with van der Waals surface area (Å²) in [6, 6.07) is 8.73. The van der Waals surface area contributed by atoms with Crippen LogP contribution in [0.1, 0.15) is 43.9 Å². The highest BCUT2D eigenvalue weighted by Crippen LogP contribution is 2.31. The molecule has 0 radical (unpaired) electrons. The minimum absolute atomic E-state index is 0.0907. The molecule has 0 unspecified atom stereocenters. The second-order valence-corrected chi connectivity index (χ2v) is 6.69. The molecule has 0 atom stereocenters. The maximum atomic E-state index is 12.1. The highest BCUT2D eigenvalue weighted by molar-refractivity contribution is 5.76. The Hall–Kier alpha value is -2.63. The molecule has 1 aliphatic carbocycles. The van der Waals surface area contributed by atoms with Gasteiger partial charge in [0.1, 0.15) is 11.4 Å². The van der Waals surface area contributed by atoms with E-state index in [4.69, 9.17) is 4.52 Å². The Kier molecular flexibility index (Phi) is 4.50. The lowest BCUT2D eigenvalue weighted by atomic mass is 9.91. The van der Waals surface area contributed by atoms with Crippen LogP contribution in [0.25, 0.3) is 11.0 Å². The number of aromatic nitrogens is 3. The summed E-state index contributed by atoms with van der Waals surface area (Å²) in [7, 11) is 0. The first-order chi connectivity index (χ1) is 12.3. The molecule has 130 valence electrons. The molecule has 0 saturated heterocycles. The van der Waals surface area contributed by atoms with E-state index < -0.39 is 0 Å². The van der Waals surface area contributed by atoms with E-state index in [0.29, 0.717) is 18.9 Å². The molecule has 0 aliphatic heterocycles. The molecule has 25 heavy (non-hydrogen) atoms.